The van der Waals surface area contributed by atoms with E-state index in [1.54, 1.807) is 0 Å². The summed E-state index contributed by atoms with van der Waals surface area (Å²) in [5.74, 6) is 0.889. The lowest BCUT2D eigenvalue weighted by Gasteiger charge is -2.21. The van der Waals surface area contributed by atoms with Crippen molar-refractivity contribution in [3.8, 4) is 0 Å². The van der Waals surface area contributed by atoms with Crippen LogP contribution in [-0.2, 0) is 4.79 Å². The Hall–Kier alpha value is -0.610. The van der Waals surface area contributed by atoms with Crippen LogP contribution in [0, 0.1) is 11.8 Å². The van der Waals surface area contributed by atoms with Crippen molar-refractivity contribution in [3.63, 3.8) is 0 Å². The Bertz CT molecular complexity index is 262. The molecule has 2 aliphatic rings. The van der Waals surface area contributed by atoms with Gasteiger partial charge < -0.3 is 15.5 Å². The molecule has 0 aromatic rings. The van der Waals surface area contributed by atoms with Gasteiger partial charge in [-0.2, -0.15) is 0 Å². The van der Waals surface area contributed by atoms with Crippen LogP contribution in [0.3, 0.4) is 0 Å². The fourth-order valence-electron chi connectivity index (χ4n) is 2.99. The molecule has 18 heavy (non-hydrogen) atoms. The summed E-state index contributed by atoms with van der Waals surface area (Å²) in [7, 11) is 0. The molecule has 0 aromatic heterocycles. The summed E-state index contributed by atoms with van der Waals surface area (Å²) >= 11 is 0. The number of carbonyl (C=O) groups excluding carboxylic acids is 1. The largest absolute Gasteiger partial charge is 0.355 e. The molecule has 2 rings (SSSR count). The van der Waals surface area contributed by atoms with E-state index in [1.165, 1.54) is 38.8 Å². The maximum atomic E-state index is 12.0. The summed E-state index contributed by atoms with van der Waals surface area (Å²) in [5, 5.41) is 6.38. The zero-order chi connectivity index (χ0) is 12.8. The van der Waals surface area contributed by atoms with E-state index < -0.39 is 0 Å². The highest BCUT2D eigenvalue weighted by molar-refractivity contribution is 5.79. The SMILES string of the molecule is CC1CNCC1C(=O)NCCN1CCCCCC1. The minimum atomic E-state index is 0.175. The number of likely N-dealkylation sites (tertiary alicyclic amines) is 1. The highest BCUT2D eigenvalue weighted by Crippen LogP contribution is 2.15. The molecule has 2 unspecified atom stereocenters. The number of nitrogens with zero attached hydrogens (tertiary/aromatic N) is 1. The third-order valence-electron chi connectivity index (χ3n) is 4.28. The molecule has 2 atom stereocenters. The number of hydrogen-bond donors (Lipinski definition) is 2. The predicted molar refractivity (Wildman–Crippen MR) is 73.4 cm³/mol. The second kappa shape index (κ2) is 7.10. The summed E-state index contributed by atoms with van der Waals surface area (Å²) in [4.78, 5) is 14.5. The van der Waals surface area contributed by atoms with Gasteiger partial charge in [-0.05, 0) is 38.4 Å². The predicted octanol–water partition coefficient (Wildman–Crippen LogP) is 0.834. The van der Waals surface area contributed by atoms with Crippen LogP contribution in [0.1, 0.15) is 32.6 Å². The van der Waals surface area contributed by atoms with Gasteiger partial charge in [0.1, 0.15) is 0 Å². The standard InChI is InChI=1S/C14H27N3O/c1-12-10-15-11-13(12)14(18)16-6-9-17-7-4-2-3-5-8-17/h12-13,15H,2-11H2,1H3,(H,16,18). The van der Waals surface area contributed by atoms with Crippen molar-refractivity contribution in [1.29, 1.82) is 0 Å². The van der Waals surface area contributed by atoms with E-state index in [0.29, 0.717) is 5.92 Å². The maximum absolute atomic E-state index is 12.0. The third kappa shape index (κ3) is 3.95. The topological polar surface area (TPSA) is 44.4 Å². The molecule has 0 bridgehead atoms. The third-order valence-corrected chi connectivity index (χ3v) is 4.28. The van der Waals surface area contributed by atoms with Gasteiger partial charge in [-0.1, -0.05) is 19.8 Å². The first-order chi connectivity index (χ1) is 8.77. The van der Waals surface area contributed by atoms with Gasteiger partial charge in [-0.3, -0.25) is 4.79 Å². The van der Waals surface area contributed by atoms with Crippen molar-refractivity contribution >= 4 is 5.91 Å². The van der Waals surface area contributed by atoms with Gasteiger partial charge in [0.25, 0.3) is 0 Å². The van der Waals surface area contributed by atoms with Crippen LogP contribution in [0.2, 0.25) is 0 Å². The van der Waals surface area contributed by atoms with Gasteiger partial charge in [0.05, 0.1) is 5.92 Å². The lowest BCUT2D eigenvalue weighted by molar-refractivity contribution is -0.125. The Labute approximate surface area is 110 Å². The highest BCUT2D eigenvalue weighted by Gasteiger charge is 2.29. The minimum Gasteiger partial charge on any atom is -0.355 e. The quantitative estimate of drug-likeness (QED) is 0.780. The van der Waals surface area contributed by atoms with E-state index >= 15 is 0 Å². The van der Waals surface area contributed by atoms with Crippen molar-refractivity contribution in [2.45, 2.75) is 32.6 Å². The van der Waals surface area contributed by atoms with Crippen LogP contribution in [0.4, 0.5) is 0 Å². The smallest absolute Gasteiger partial charge is 0.224 e. The molecule has 0 spiro atoms. The van der Waals surface area contributed by atoms with Crippen molar-refractivity contribution in [2.24, 2.45) is 11.8 Å². The van der Waals surface area contributed by atoms with Crippen LogP contribution in [0.5, 0.6) is 0 Å². The number of amides is 1. The Morgan fingerprint density at radius 2 is 1.94 bits per heavy atom. The first-order valence-corrected chi connectivity index (χ1v) is 7.48. The lowest BCUT2D eigenvalue weighted by atomic mass is 9.97. The molecule has 0 saturated carbocycles. The summed E-state index contributed by atoms with van der Waals surface area (Å²) in [6.07, 6.45) is 5.37. The van der Waals surface area contributed by atoms with E-state index in [9.17, 15) is 4.79 Å². The summed E-state index contributed by atoms with van der Waals surface area (Å²) in [6.45, 7) is 8.21. The van der Waals surface area contributed by atoms with Gasteiger partial charge in [0, 0.05) is 19.6 Å². The molecule has 1 amide bonds. The van der Waals surface area contributed by atoms with E-state index in [0.717, 1.165) is 26.2 Å². The summed E-state index contributed by atoms with van der Waals surface area (Å²) in [5.41, 5.74) is 0. The maximum Gasteiger partial charge on any atom is 0.224 e. The highest BCUT2D eigenvalue weighted by atomic mass is 16.1. The molecule has 0 radical (unpaired) electrons. The molecule has 0 aliphatic carbocycles. The molecular weight excluding hydrogens is 226 g/mol. The fraction of sp³-hybridized carbons (Fsp3) is 0.929. The molecule has 2 heterocycles. The molecule has 0 aromatic carbocycles. The molecule has 104 valence electrons. The second-order valence-electron chi connectivity index (χ2n) is 5.79. The van der Waals surface area contributed by atoms with Gasteiger partial charge in [-0.25, -0.2) is 0 Å². The molecule has 2 fully saturated rings. The number of nitrogens with one attached hydrogen (secondary N) is 2. The second-order valence-corrected chi connectivity index (χ2v) is 5.79. The van der Waals surface area contributed by atoms with Crippen molar-refractivity contribution in [2.75, 3.05) is 39.3 Å². The minimum absolute atomic E-state index is 0.175. The Kier molecular flexibility index (Phi) is 5.45. The first-order valence-electron chi connectivity index (χ1n) is 7.48. The van der Waals surface area contributed by atoms with Crippen molar-refractivity contribution in [3.05, 3.63) is 0 Å². The van der Waals surface area contributed by atoms with E-state index in [4.69, 9.17) is 0 Å². The van der Waals surface area contributed by atoms with E-state index in [-0.39, 0.29) is 11.8 Å². The van der Waals surface area contributed by atoms with Gasteiger partial charge in [0.15, 0.2) is 0 Å². The lowest BCUT2D eigenvalue weighted by Crippen LogP contribution is -2.39. The van der Waals surface area contributed by atoms with Crippen molar-refractivity contribution < 1.29 is 4.79 Å². The molecule has 4 nitrogen and oxygen atoms in total. The summed E-state index contributed by atoms with van der Waals surface area (Å²) in [6, 6.07) is 0. The van der Waals surface area contributed by atoms with Crippen LogP contribution < -0.4 is 10.6 Å². The number of rotatable bonds is 4. The van der Waals surface area contributed by atoms with Crippen LogP contribution in [-0.4, -0.2) is 50.1 Å². The normalized spacial score (nSPS) is 30.1. The Balaban J connectivity index is 1.63. The van der Waals surface area contributed by atoms with Crippen LogP contribution in [0.15, 0.2) is 0 Å². The van der Waals surface area contributed by atoms with Crippen molar-refractivity contribution in [1.82, 2.24) is 15.5 Å². The Morgan fingerprint density at radius 1 is 1.22 bits per heavy atom. The molecule has 4 heteroatoms. The molecule has 2 saturated heterocycles. The van der Waals surface area contributed by atoms with Crippen LogP contribution >= 0.6 is 0 Å². The zero-order valence-electron chi connectivity index (χ0n) is 11.6. The Morgan fingerprint density at radius 3 is 2.56 bits per heavy atom. The average Bonchev–Trinajstić information content (AvgIpc) is 2.63. The molecule has 2 N–H and O–H groups in total. The first kappa shape index (κ1) is 13.8. The fourth-order valence-corrected chi connectivity index (χ4v) is 2.99. The van der Waals surface area contributed by atoms with Gasteiger partial charge >= 0.3 is 0 Å². The van der Waals surface area contributed by atoms with Gasteiger partial charge in [0.2, 0.25) is 5.91 Å². The number of hydrogen-bond acceptors (Lipinski definition) is 3. The number of carbonyl (C=O) groups is 1. The van der Waals surface area contributed by atoms with E-state index in [1.807, 2.05) is 0 Å². The zero-order valence-corrected chi connectivity index (χ0v) is 11.6. The van der Waals surface area contributed by atoms with E-state index in [2.05, 4.69) is 22.5 Å². The summed E-state index contributed by atoms with van der Waals surface area (Å²) < 4.78 is 0. The average molecular weight is 253 g/mol. The molecule has 2 aliphatic heterocycles. The molecular formula is C14H27N3O. The van der Waals surface area contributed by atoms with Gasteiger partial charge in [-0.15, -0.1) is 0 Å². The monoisotopic (exact) mass is 253 g/mol. The van der Waals surface area contributed by atoms with Crippen LogP contribution in [0.25, 0.3) is 0 Å².